The molecule has 92 valence electrons. The normalized spacial score (nSPS) is 10.2. The summed E-state index contributed by atoms with van der Waals surface area (Å²) in [4.78, 5) is 11.8. The van der Waals surface area contributed by atoms with Crippen LogP contribution >= 0.6 is 0 Å². The molecule has 0 saturated carbocycles. The van der Waals surface area contributed by atoms with Gasteiger partial charge in [-0.15, -0.1) is 0 Å². The van der Waals surface area contributed by atoms with Gasteiger partial charge in [-0.3, -0.25) is 4.79 Å². The van der Waals surface area contributed by atoms with Crippen LogP contribution in [-0.4, -0.2) is 12.9 Å². The molecule has 2 aromatic rings. The van der Waals surface area contributed by atoms with Crippen LogP contribution < -0.4 is 4.74 Å². The highest BCUT2D eigenvalue weighted by Crippen LogP contribution is 2.29. The Bertz CT molecular complexity index is 585. The zero-order valence-corrected chi connectivity index (χ0v) is 10.9. The first-order valence-electron chi connectivity index (χ1n) is 5.88. The third-order valence-electron chi connectivity index (χ3n) is 3.04. The lowest BCUT2D eigenvalue weighted by Crippen LogP contribution is -1.98. The van der Waals surface area contributed by atoms with E-state index in [1.807, 2.05) is 43.3 Å². The Hall–Kier alpha value is -2.09. The van der Waals surface area contributed by atoms with Crippen molar-refractivity contribution in [2.45, 2.75) is 13.8 Å². The van der Waals surface area contributed by atoms with Crippen molar-refractivity contribution in [2.24, 2.45) is 0 Å². The maximum absolute atomic E-state index is 11.8. The number of ketones is 1. The fourth-order valence-electron chi connectivity index (χ4n) is 2.05. The lowest BCUT2D eigenvalue weighted by molar-refractivity contribution is 0.101. The Morgan fingerprint density at radius 3 is 2.39 bits per heavy atom. The fourth-order valence-corrected chi connectivity index (χ4v) is 2.05. The van der Waals surface area contributed by atoms with Crippen molar-refractivity contribution in [3.05, 3.63) is 53.6 Å². The van der Waals surface area contributed by atoms with Gasteiger partial charge in [-0.1, -0.05) is 24.3 Å². The van der Waals surface area contributed by atoms with E-state index >= 15 is 0 Å². The lowest BCUT2D eigenvalue weighted by atomic mass is 9.94. The van der Waals surface area contributed by atoms with Gasteiger partial charge in [0.05, 0.1) is 7.11 Å². The molecular formula is C16H16O2. The summed E-state index contributed by atoms with van der Waals surface area (Å²) in [5.41, 5.74) is 3.90. The summed E-state index contributed by atoms with van der Waals surface area (Å²) < 4.78 is 5.17. The van der Waals surface area contributed by atoms with Crippen molar-refractivity contribution in [1.82, 2.24) is 0 Å². The third kappa shape index (κ3) is 2.28. The van der Waals surface area contributed by atoms with E-state index in [1.54, 1.807) is 20.1 Å². The largest absolute Gasteiger partial charge is 0.497 e. The smallest absolute Gasteiger partial charge is 0.160 e. The molecule has 0 saturated heterocycles. The number of carbonyl (C=O) groups excluding carboxylic acids is 1. The summed E-state index contributed by atoms with van der Waals surface area (Å²) in [5, 5.41) is 0. The van der Waals surface area contributed by atoms with Crippen molar-refractivity contribution >= 4 is 5.78 Å². The van der Waals surface area contributed by atoms with Crippen molar-refractivity contribution < 1.29 is 9.53 Å². The number of hydrogen-bond acceptors (Lipinski definition) is 2. The molecule has 0 atom stereocenters. The number of carbonyl (C=O) groups is 1. The Kier molecular flexibility index (Phi) is 3.47. The highest BCUT2D eigenvalue weighted by Gasteiger charge is 2.11. The highest BCUT2D eigenvalue weighted by molar-refractivity contribution is 6.01. The van der Waals surface area contributed by atoms with Gasteiger partial charge in [0.15, 0.2) is 5.78 Å². The van der Waals surface area contributed by atoms with Gasteiger partial charge in [0.2, 0.25) is 0 Å². The van der Waals surface area contributed by atoms with Crippen LogP contribution in [0.25, 0.3) is 11.1 Å². The molecule has 0 aliphatic rings. The summed E-state index contributed by atoms with van der Waals surface area (Å²) in [6, 6.07) is 13.7. The van der Waals surface area contributed by atoms with Crippen LogP contribution in [0.15, 0.2) is 42.5 Å². The number of benzene rings is 2. The second kappa shape index (κ2) is 5.05. The van der Waals surface area contributed by atoms with Crippen LogP contribution in [0.1, 0.15) is 22.8 Å². The molecule has 0 aromatic heterocycles. The molecular weight excluding hydrogens is 224 g/mol. The first-order valence-corrected chi connectivity index (χ1v) is 5.88. The zero-order chi connectivity index (χ0) is 13.1. The lowest BCUT2D eigenvalue weighted by Gasteiger charge is -2.11. The average molecular weight is 240 g/mol. The van der Waals surface area contributed by atoms with Crippen molar-refractivity contribution in [2.75, 3.05) is 7.11 Å². The van der Waals surface area contributed by atoms with Gasteiger partial charge >= 0.3 is 0 Å². The molecule has 0 unspecified atom stereocenters. The van der Waals surface area contributed by atoms with Gasteiger partial charge in [-0.25, -0.2) is 0 Å². The summed E-state index contributed by atoms with van der Waals surface area (Å²) in [5.74, 6) is 0.754. The molecule has 2 nitrogen and oxygen atoms in total. The van der Waals surface area contributed by atoms with Crippen LogP contribution in [0.4, 0.5) is 0 Å². The van der Waals surface area contributed by atoms with Gasteiger partial charge in [0, 0.05) is 5.56 Å². The fraction of sp³-hybridized carbons (Fsp3) is 0.188. The minimum Gasteiger partial charge on any atom is -0.497 e. The summed E-state index contributed by atoms with van der Waals surface area (Å²) in [6.07, 6.45) is 0. The SMILES string of the molecule is COc1ccc(-c2ccccc2C)c(C(C)=O)c1. The van der Waals surface area contributed by atoms with Crippen LogP contribution in [0.3, 0.4) is 0 Å². The Balaban J connectivity index is 2.64. The van der Waals surface area contributed by atoms with Gasteiger partial charge in [-0.2, -0.15) is 0 Å². The van der Waals surface area contributed by atoms with E-state index in [-0.39, 0.29) is 5.78 Å². The quantitative estimate of drug-likeness (QED) is 0.761. The maximum Gasteiger partial charge on any atom is 0.160 e. The molecule has 2 aromatic carbocycles. The summed E-state index contributed by atoms with van der Waals surface area (Å²) in [7, 11) is 1.60. The molecule has 0 N–H and O–H groups in total. The van der Waals surface area contributed by atoms with Crippen molar-refractivity contribution in [1.29, 1.82) is 0 Å². The zero-order valence-electron chi connectivity index (χ0n) is 10.9. The number of rotatable bonds is 3. The molecule has 0 aliphatic heterocycles. The first kappa shape index (κ1) is 12.4. The monoisotopic (exact) mass is 240 g/mol. The van der Waals surface area contributed by atoms with E-state index in [2.05, 4.69) is 0 Å². The van der Waals surface area contributed by atoms with Gasteiger partial charge < -0.3 is 4.74 Å². The van der Waals surface area contributed by atoms with Gasteiger partial charge in [-0.05, 0) is 48.7 Å². The van der Waals surface area contributed by atoms with Gasteiger partial charge in [0.1, 0.15) is 5.75 Å². The predicted octanol–water partition coefficient (Wildman–Crippen LogP) is 3.87. The Morgan fingerprint density at radius 1 is 1.06 bits per heavy atom. The molecule has 0 fully saturated rings. The van der Waals surface area contributed by atoms with Gasteiger partial charge in [0.25, 0.3) is 0 Å². The van der Waals surface area contributed by atoms with E-state index in [0.717, 1.165) is 16.7 Å². The topological polar surface area (TPSA) is 26.3 Å². The predicted molar refractivity (Wildman–Crippen MR) is 73.2 cm³/mol. The Morgan fingerprint density at radius 2 is 1.78 bits per heavy atom. The molecule has 0 bridgehead atoms. The number of ether oxygens (including phenoxy) is 1. The highest BCUT2D eigenvalue weighted by atomic mass is 16.5. The maximum atomic E-state index is 11.8. The standard InChI is InChI=1S/C16H16O2/c1-11-6-4-5-7-14(11)15-9-8-13(18-3)10-16(15)12(2)17/h4-10H,1-3H3. The minimum absolute atomic E-state index is 0.0483. The van der Waals surface area contributed by atoms with E-state index in [0.29, 0.717) is 11.3 Å². The number of Topliss-reactive ketones (excluding diaryl/α,β-unsaturated/α-hetero) is 1. The van der Waals surface area contributed by atoms with E-state index < -0.39 is 0 Å². The molecule has 0 aliphatic carbocycles. The minimum atomic E-state index is 0.0483. The summed E-state index contributed by atoms with van der Waals surface area (Å²) in [6.45, 7) is 3.63. The molecule has 2 rings (SSSR count). The van der Waals surface area contributed by atoms with Crippen LogP contribution in [0.2, 0.25) is 0 Å². The molecule has 0 spiro atoms. The molecule has 0 radical (unpaired) electrons. The second-order valence-corrected chi connectivity index (χ2v) is 4.28. The molecule has 0 amide bonds. The molecule has 18 heavy (non-hydrogen) atoms. The first-order chi connectivity index (χ1) is 8.63. The van der Waals surface area contributed by atoms with Crippen molar-refractivity contribution in [3.63, 3.8) is 0 Å². The number of aryl methyl sites for hydroxylation is 1. The Labute approximate surface area is 107 Å². The van der Waals surface area contributed by atoms with Crippen LogP contribution in [0, 0.1) is 6.92 Å². The van der Waals surface area contributed by atoms with Crippen LogP contribution in [-0.2, 0) is 0 Å². The second-order valence-electron chi connectivity index (χ2n) is 4.28. The number of methoxy groups -OCH3 is 1. The molecule has 2 heteroatoms. The van der Waals surface area contributed by atoms with Crippen LogP contribution in [0.5, 0.6) is 5.75 Å². The van der Waals surface area contributed by atoms with Crippen molar-refractivity contribution in [3.8, 4) is 16.9 Å². The number of hydrogen-bond donors (Lipinski definition) is 0. The summed E-state index contributed by atoms with van der Waals surface area (Å²) >= 11 is 0. The third-order valence-corrected chi connectivity index (χ3v) is 3.04. The average Bonchev–Trinajstić information content (AvgIpc) is 2.38. The van der Waals surface area contributed by atoms with E-state index in [9.17, 15) is 4.79 Å². The van der Waals surface area contributed by atoms with E-state index in [1.165, 1.54) is 0 Å². The van der Waals surface area contributed by atoms with E-state index in [4.69, 9.17) is 4.74 Å². The molecule has 0 heterocycles.